The monoisotopic (exact) mass is 363 g/mol. The summed E-state index contributed by atoms with van der Waals surface area (Å²) in [6.07, 6.45) is 1.65. The first-order valence-electron chi connectivity index (χ1n) is 8.09. The minimum Gasteiger partial charge on any atom is -0.382 e. The number of aromatic amines is 1. The maximum atomic E-state index is 12.9. The number of benzene rings is 2. The van der Waals surface area contributed by atoms with Crippen LogP contribution in [0, 0.1) is 13.8 Å². The van der Waals surface area contributed by atoms with Gasteiger partial charge in [0, 0.05) is 11.3 Å². The third-order valence-electron chi connectivity index (χ3n) is 4.16. The fourth-order valence-corrected chi connectivity index (χ4v) is 3.73. The molecular formula is C19H17N5OS. The van der Waals surface area contributed by atoms with Gasteiger partial charge >= 0.3 is 0 Å². The predicted molar refractivity (Wildman–Crippen MR) is 105 cm³/mol. The Kier molecular flexibility index (Phi) is 3.93. The summed E-state index contributed by atoms with van der Waals surface area (Å²) in [6.45, 7) is 3.93. The number of nitrogens with one attached hydrogen (secondary N) is 2. The number of aromatic nitrogens is 3. The number of nitrogen functional groups attached to an aromatic ring is 1. The van der Waals surface area contributed by atoms with Gasteiger partial charge in [0.25, 0.3) is 0 Å². The van der Waals surface area contributed by atoms with Gasteiger partial charge in [0.1, 0.15) is 10.7 Å². The maximum Gasteiger partial charge on any atom is 0.207 e. The number of imidazole rings is 1. The quantitative estimate of drug-likeness (QED) is 0.472. The molecule has 0 radical (unpaired) electrons. The van der Waals surface area contributed by atoms with Crippen LogP contribution in [0.3, 0.4) is 0 Å². The molecule has 2 aromatic heterocycles. The van der Waals surface area contributed by atoms with Gasteiger partial charge in [-0.15, -0.1) is 0 Å². The Morgan fingerprint density at radius 1 is 1.19 bits per heavy atom. The topological polar surface area (TPSA) is 96.7 Å². The lowest BCUT2D eigenvalue weighted by Crippen LogP contribution is -2.04. The molecule has 0 saturated heterocycles. The van der Waals surface area contributed by atoms with E-state index in [-0.39, 0.29) is 11.6 Å². The summed E-state index contributed by atoms with van der Waals surface area (Å²) in [5, 5.41) is 3.78. The molecule has 130 valence electrons. The van der Waals surface area contributed by atoms with Crippen molar-refractivity contribution in [3.8, 4) is 0 Å². The van der Waals surface area contributed by atoms with Crippen LogP contribution in [0.15, 0.2) is 42.7 Å². The number of carbonyl (C=O) groups excluding carboxylic acids is 1. The predicted octanol–water partition coefficient (Wildman–Crippen LogP) is 4.19. The number of hydrogen-bond acceptors (Lipinski definition) is 6. The number of carbonyl (C=O) groups is 1. The molecule has 0 spiro atoms. The van der Waals surface area contributed by atoms with Gasteiger partial charge in [0.2, 0.25) is 5.78 Å². The van der Waals surface area contributed by atoms with E-state index in [4.69, 9.17) is 5.73 Å². The third kappa shape index (κ3) is 2.93. The van der Waals surface area contributed by atoms with Gasteiger partial charge in [-0.1, -0.05) is 35.1 Å². The number of hydrogen-bond donors (Lipinski definition) is 3. The third-order valence-corrected chi connectivity index (χ3v) is 5.14. The van der Waals surface area contributed by atoms with Crippen LogP contribution in [0.25, 0.3) is 11.0 Å². The van der Waals surface area contributed by atoms with E-state index in [1.165, 1.54) is 11.3 Å². The van der Waals surface area contributed by atoms with Gasteiger partial charge in [-0.05, 0) is 37.6 Å². The molecule has 0 bridgehead atoms. The van der Waals surface area contributed by atoms with Crippen molar-refractivity contribution < 1.29 is 4.79 Å². The van der Waals surface area contributed by atoms with Gasteiger partial charge < -0.3 is 16.0 Å². The minimum atomic E-state index is -0.102. The molecule has 7 heteroatoms. The normalized spacial score (nSPS) is 11.0. The Labute approximate surface area is 154 Å². The number of fused-ring (bicyclic) bond motifs is 1. The molecule has 0 aliphatic rings. The van der Waals surface area contributed by atoms with Crippen molar-refractivity contribution in [2.45, 2.75) is 13.8 Å². The minimum absolute atomic E-state index is 0.102. The van der Waals surface area contributed by atoms with Crippen LogP contribution in [0.5, 0.6) is 0 Å². The van der Waals surface area contributed by atoms with Gasteiger partial charge in [0.15, 0.2) is 5.13 Å². The van der Waals surface area contributed by atoms with Crippen LogP contribution in [0.2, 0.25) is 0 Å². The highest BCUT2D eigenvalue weighted by Crippen LogP contribution is 2.31. The summed E-state index contributed by atoms with van der Waals surface area (Å²) >= 11 is 1.26. The largest absolute Gasteiger partial charge is 0.382 e. The zero-order valence-electron chi connectivity index (χ0n) is 14.3. The SMILES string of the molecule is Cc1ccc(C(=O)c2sc(Nc3ccc4nc[nH]c4c3)nc2N)c(C)c1. The summed E-state index contributed by atoms with van der Waals surface area (Å²) in [6, 6.07) is 11.5. The number of aryl methyl sites for hydroxylation is 2. The number of H-pyrrole nitrogens is 1. The Balaban J connectivity index is 1.63. The van der Waals surface area contributed by atoms with Gasteiger partial charge in [0.05, 0.1) is 17.4 Å². The van der Waals surface area contributed by atoms with E-state index in [1.54, 1.807) is 6.33 Å². The zero-order valence-corrected chi connectivity index (χ0v) is 15.1. The summed E-state index contributed by atoms with van der Waals surface area (Å²) in [7, 11) is 0. The lowest BCUT2D eigenvalue weighted by molar-refractivity contribution is 0.104. The van der Waals surface area contributed by atoms with E-state index in [0.29, 0.717) is 15.6 Å². The Bertz CT molecular complexity index is 1130. The summed E-state index contributed by atoms with van der Waals surface area (Å²) < 4.78 is 0. The average Bonchev–Trinajstić information content (AvgIpc) is 3.20. The van der Waals surface area contributed by atoms with E-state index in [9.17, 15) is 4.79 Å². The first-order chi connectivity index (χ1) is 12.5. The molecule has 4 rings (SSSR count). The Morgan fingerprint density at radius 2 is 2.04 bits per heavy atom. The molecular weight excluding hydrogens is 346 g/mol. The molecule has 2 aromatic carbocycles. The highest BCUT2D eigenvalue weighted by Gasteiger charge is 2.19. The van der Waals surface area contributed by atoms with E-state index in [1.807, 2.05) is 50.2 Å². The Morgan fingerprint density at radius 3 is 2.85 bits per heavy atom. The highest BCUT2D eigenvalue weighted by atomic mass is 32.1. The van der Waals surface area contributed by atoms with Crippen molar-refractivity contribution in [1.29, 1.82) is 0 Å². The number of ketones is 1. The van der Waals surface area contributed by atoms with Crippen LogP contribution >= 0.6 is 11.3 Å². The number of thiazole rings is 1. The van der Waals surface area contributed by atoms with Crippen LogP contribution in [0.4, 0.5) is 16.6 Å². The maximum absolute atomic E-state index is 12.9. The number of rotatable bonds is 4. The highest BCUT2D eigenvalue weighted by molar-refractivity contribution is 7.18. The lowest BCUT2D eigenvalue weighted by atomic mass is 10.0. The molecule has 0 saturated carbocycles. The molecule has 0 unspecified atom stereocenters. The lowest BCUT2D eigenvalue weighted by Gasteiger charge is -2.04. The first-order valence-corrected chi connectivity index (χ1v) is 8.91. The molecule has 4 N–H and O–H groups in total. The summed E-state index contributed by atoms with van der Waals surface area (Å²) in [5.41, 5.74) is 11.4. The zero-order chi connectivity index (χ0) is 18.3. The molecule has 26 heavy (non-hydrogen) atoms. The average molecular weight is 363 g/mol. The summed E-state index contributed by atoms with van der Waals surface area (Å²) in [4.78, 5) is 24.9. The Hall–Kier alpha value is -3.19. The van der Waals surface area contributed by atoms with E-state index in [0.717, 1.165) is 27.8 Å². The number of nitrogens with zero attached hydrogens (tertiary/aromatic N) is 2. The van der Waals surface area contributed by atoms with Crippen molar-refractivity contribution in [3.63, 3.8) is 0 Å². The van der Waals surface area contributed by atoms with Gasteiger partial charge in [-0.25, -0.2) is 9.97 Å². The van der Waals surface area contributed by atoms with Crippen molar-refractivity contribution in [1.82, 2.24) is 15.0 Å². The molecule has 0 amide bonds. The van der Waals surface area contributed by atoms with Gasteiger partial charge in [-0.3, -0.25) is 4.79 Å². The van der Waals surface area contributed by atoms with Gasteiger partial charge in [-0.2, -0.15) is 0 Å². The second kappa shape index (κ2) is 6.27. The van der Waals surface area contributed by atoms with Crippen LogP contribution in [-0.2, 0) is 0 Å². The molecule has 2 heterocycles. The second-order valence-corrected chi connectivity index (χ2v) is 7.14. The van der Waals surface area contributed by atoms with Crippen molar-refractivity contribution in [2.24, 2.45) is 0 Å². The van der Waals surface area contributed by atoms with Crippen LogP contribution < -0.4 is 11.1 Å². The van der Waals surface area contributed by atoms with Crippen LogP contribution in [0.1, 0.15) is 26.4 Å². The van der Waals surface area contributed by atoms with E-state index < -0.39 is 0 Å². The fourth-order valence-electron chi connectivity index (χ4n) is 2.88. The smallest absolute Gasteiger partial charge is 0.207 e. The van der Waals surface area contributed by atoms with Crippen molar-refractivity contribution in [3.05, 3.63) is 64.3 Å². The van der Waals surface area contributed by atoms with Crippen LogP contribution in [-0.4, -0.2) is 20.7 Å². The molecule has 0 fully saturated rings. The first kappa shape index (κ1) is 16.3. The molecule has 0 aliphatic heterocycles. The fraction of sp³-hybridized carbons (Fsp3) is 0.105. The second-order valence-electron chi connectivity index (χ2n) is 6.14. The number of nitrogens with two attached hydrogens (primary N) is 1. The molecule has 0 aliphatic carbocycles. The van der Waals surface area contributed by atoms with E-state index in [2.05, 4.69) is 20.3 Å². The molecule has 6 nitrogen and oxygen atoms in total. The molecule has 0 atom stereocenters. The van der Waals surface area contributed by atoms with Crippen molar-refractivity contribution in [2.75, 3.05) is 11.1 Å². The number of anilines is 3. The molecule has 4 aromatic rings. The van der Waals surface area contributed by atoms with E-state index >= 15 is 0 Å². The summed E-state index contributed by atoms with van der Waals surface area (Å²) in [5.74, 6) is 0.139. The van der Waals surface area contributed by atoms with Crippen molar-refractivity contribution >= 4 is 44.8 Å². The standard InChI is InChI=1S/C19H17N5OS/c1-10-3-5-13(11(2)7-10)16(25)17-18(20)24-19(26-17)23-12-4-6-14-15(8-12)22-9-21-14/h3-9H,20H2,1-2H3,(H,21,22)(H,23,24).